The number of allylic oxidation sites excluding steroid dienone is 1. The van der Waals surface area contributed by atoms with Gasteiger partial charge in [-0.1, -0.05) is 40.2 Å². The summed E-state index contributed by atoms with van der Waals surface area (Å²) in [6.45, 7) is 14.7. The summed E-state index contributed by atoms with van der Waals surface area (Å²) in [6.07, 6.45) is 3.24. The van der Waals surface area contributed by atoms with Crippen LogP contribution in [-0.2, 0) is 29.1 Å². The van der Waals surface area contributed by atoms with Crippen LogP contribution in [0.25, 0.3) is 0 Å². The summed E-state index contributed by atoms with van der Waals surface area (Å²) in [7, 11) is 0. The maximum absolute atomic E-state index is 12.5. The molecule has 1 saturated heterocycles. The van der Waals surface area contributed by atoms with Gasteiger partial charge in [0.15, 0.2) is 0 Å². The quantitative estimate of drug-likeness (QED) is 0.405. The van der Waals surface area contributed by atoms with Crippen LogP contribution in [0.2, 0.25) is 0 Å². The predicted molar refractivity (Wildman–Crippen MR) is 83.8 cm³/mol. The van der Waals surface area contributed by atoms with Crippen molar-refractivity contribution in [2.75, 3.05) is 0 Å². The van der Waals surface area contributed by atoms with Crippen molar-refractivity contribution in [3.05, 3.63) is 12.7 Å². The van der Waals surface area contributed by atoms with Gasteiger partial charge in [0.25, 0.3) is 0 Å². The van der Waals surface area contributed by atoms with E-state index in [1.807, 2.05) is 27.7 Å². The van der Waals surface area contributed by atoms with Crippen LogP contribution in [0.5, 0.6) is 0 Å². The van der Waals surface area contributed by atoms with Crippen molar-refractivity contribution < 1.29 is 29.1 Å². The molecule has 0 amide bonds. The highest BCUT2D eigenvalue weighted by Gasteiger charge is 2.56. The van der Waals surface area contributed by atoms with Gasteiger partial charge >= 0.3 is 11.9 Å². The Kier molecular flexibility index (Phi) is 5.99. The predicted octanol–water partition coefficient (Wildman–Crippen LogP) is 3.51. The van der Waals surface area contributed by atoms with Crippen molar-refractivity contribution in [3.8, 4) is 0 Å². The average molecular weight is 328 g/mol. The first-order valence-electron chi connectivity index (χ1n) is 8.00. The molecule has 132 valence electrons. The lowest BCUT2D eigenvalue weighted by Gasteiger charge is -2.41. The lowest BCUT2D eigenvalue weighted by Crippen LogP contribution is -2.60. The third-order valence-corrected chi connectivity index (χ3v) is 5.05. The normalized spacial score (nSPS) is 26.6. The van der Waals surface area contributed by atoms with Crippen LogP contribution in [0.1, 0.15) is 60.8 Å². The van der Waals surface area contributed by atoms with Crippen molar-refractivity contribution in [2.24, 2.45) is 10.8 Å². The van der Waals surface area contributed by atoms with E-state index in [0.29, 0.717) is 12.8 Å². The molecule has 1 fully saturated rings. The molecule has 3 atom stereocenters. The minimum atomic E-state index is -1.25. The molecule has 23 heavy (non-hydrogen) atoms. The van der Waals surface area contributed by atoms with Crippen LogP contribution in [0.4, 0.5) is 0 Å². The molecule has 1 aliphatic rings. The van der Waals surface area contributed by atoms with E-state index in [-0.39, 0.29) is 0 Å². The van der Waals surface area contributed by atoms with E-state index >= 15 is 0 Å². The van der Waals surface area contributed by atoms with E-state index in [2.05, 4.69) is 6.58 Å². The second kappa shape index (κ2) is 7.01. The summed E-state index contributed by atoms with van der Waals surface area (Å²) in [5, 5.41) is 0. The van der Waals surface area contributed by atoms with Crippen LogP contribution >= 0.6 is 0 Å². The van der Waals surface area contributed by atoms with Crippen LogP contribution in [-0.4, -0.2) is 23.6 Å². The Morgan fingerprint density at radius 2 is 1.87 bits per heavy atom. The molecule has 0 aromatic heterocycles. The van der Waals surface area contributed by atoms with Crippen LogP contribution in [0.15, 0.2) is 12.7 Å². The van der Waals surface area contributed by atoms with Gasteiger partial charge < -0.3 is 0 Å². The summed E-state index contributed by atoms with van der Waals surface area (Å²) < 4.78 is 0. The second-order valence-corrected chi connectivity index (χ2v) is 6.93. The molecule has 6 heteroatoms. The fourth-order valence-electron chi connectivity index (χ4n) is 2.55. The van der Waals surface area contributed by atoms with E-state index in [4.69, 9.17) is 19.6 Å². The zero-order chi connectivity index (χ0) is 17.9. The van der Waals surface area contributed by atoms with Gasteiger partial charge in [-0.3, -0.25) is 0 Å². The zero-order valence-electron chi connectivity index (χ0n) is 14.9. The van der Waals surface area contributed by atoms with E-state index in [1.165, 1.54) is 0 Å². The number of hydrogen-bond donors (Lipinski definition) is 0. The Hall–Kier alpha value is -1.40. The van der Waals surface area contributed by atoms with Crippen molar-refractivity contribution in [3.63, 3.8) is 0 Å². The van der Waals surface area contributed by atoms with E-state index in [9.17, 15) is 9.59 Å². The molecule has 0 bridgehead atoms. The van der Waals surface area contributed by atoms with Gasteiger partial charge in [0.1, 0.15) is 6.10 Å². The molecule has 3 unspecified atom stereocenters. The maximum Gasteiger partial charge on any atom is 0.392 e. The van der Waals surface area contributed by atoms with Crippen molar-refractivity contribution in [1.29, 1.82) is 0 Å². The third kappa shape index (κ3) is 3.43. The lowest BCUT2D eigenvalue weighted by atomic mass is 9.64. The highest BCUT2D eigenvalue weighted by molar-refractivity contribution is 5.82. The van der Waals surface area contributed by atoms with Crippen molar-refractivity contribution in [1.82, 2.24) is 0 Å². The zero-order valence-corrected chi connectivity index (χ0v) is 14.9. The van der Waals surface area contributed by atoms with Gasteiger partial charge in [0, 0.05) is 0 Å². The molecule has 0 N–H and O–H groups in total. The minimum absolute atomic E-state index is 0.416. The van der Waals surface area contributed by atoms with Crippen molar-refractivity contribution in [2.45, 2.75) is 72.5 Å². The summed E-state index contributed by atoms with van der Waals surface area (Å²) in [5.41, 5.74) is -2.62. The SMILES string of the molecule is C=CC(C)(C)C(C)(CCC)C(=O)OOC(=O)C1(C)OOC1CC. The van der Waals surface area contributed by atoms with Gasteiger partial charge in [-0.2, -0.15) is 0 Å². The second-order valence-electron chi connectivity index (χ2n) is 6.93. The smallest absolute Gasteiger partial charge is 0.247 e. The first-order valence-corrected chi connectivity index (χ1v) is 8.00. The fourth-order valence-corrected chi connectivity index (χ4v) is 2.55. The van der Waals surface area contributed by atoms with Crippen LogP contribution in [0.3, 0.4) is 0 Å². The van der Waals surface area contributed by atoms with Gasteiger partial charge in [0.05, 0.1) is 5.41 Å². The first kappa shape index (κ1) is 19.6. The lowest BCUT2D eigenvalue weighted by molar-refractivity contribution is -0.496. The Morgan fingerprint density at radius 3 is 2.26 bits per heavy atom. The van der Waals surface area contributed by atoms with Gasteiger partial charge in [-0.05, 0) is 32.1 Å². The highest BCUT2D eigenvalue weighted by Crippen LogP contribution is 2.44. The number of carbonyl (C=O) groups excluding carboxylic acids is 2. The number of rotatable bonds is 7. The van der Waals surface area contributed by atoms with Crippen LogP contribution in [0, 0.1) is 10.8 Å². The molecule has 0 spiro atoms. The minimum Gasteiger partial charge on any atom is -0.247 e. The van der Waals surface area contributed by atoms with E-state index in [0.717, 1.165) is 6.42 Å². The molecule has 1 rings (SSSR count). The Balaban J connectivity index is 2.77. The Morgan fingerprint density at radius 1 is 1.26 bits per heavy atom. The van der Waals surface area contributed by atoms with Crippen LogP contribution < -0.4 is 0 Å². The largest absolute Gasteiger partial charge is 0.392 e. The first-order chi connectivity index (χ1) is 10.6. The molecule has 0 aromatic carbocycles. The molecule has 6 nitrogen and oxygen atoms in total. The molecular weight excluding hydrogens is 300 g/mol. The fraction of sp³-hybridized carbons (Fsp3) is 0.765. The molecule has 1 aliphatic heterocycles. The molecule has 0 saturated carbocycles. The highest BCUT2D eigenvalue weighted by atomic mass is 17.3. The summed E-state index contributed by atoms with van der Waals surface area (Å²) in [6, 6.07) is 0. The summed E-state index contributed by atoms with van der Waals surface area (Å²) >= 11 is 0. The maximum atomic E-state index is 12.5. The molecule has 0 aromatic rings. The monoisotopic (exact) mass is 328 g/mol. The van der Waals surface area contributed by atoms with Gasteiger partial charge in [-0.15, -0.1) is 6.58 Å². The number of hydrogen-bond acceptors (Lipinski definition) is 6. The van der Waals surface area contributed by atoms with Gasteiger partial charge in [0.2, 0.25) is 5.60 Å². The summed E-state index contributed by atoms with van der Waals surface area (Å²) in [4.78, 5) is 43.9. The number of carbonyl (C=O) groups is 2. The Labute approximate surface area is 138 Å². The standard InChI is InChI=1S/C17H28O6/c1-8-11-16(6,15(4,5)10-3)13(18)21-22-14(19)17(7)12(9-2)20-23-17/h10,12H,3,8-9,11H2,1-2,4-7H3. The van der Waals surface area contributed by atoms with Crippen molar-refractivity contribution >= 4 is 11.9 Å². The van der Waals surface area contributed by atoms with E-state index < -0.39 is 34.5 Å². The molecular formula is C17H28O6. The Bertz CT molecular complexity index is 470. The molecule has 0 aliphatic carbocycles. The topological polar surface area (TPSA) is 71.1 Å². The average Bonchev–Trinajstić information content (AvgIpc) is 2.50. The molecule has 1 heterocycles. The molecule has 0 radical (unpaired) electrons. The van der Waals surface area contributed by atoms with Gasteiger partial charge in [-0.25, -0.2) is 29.1 Å². The third-order valence-electron chi connectivity index (χ3n) is 5.05. The summed E-state index contributed by atoms with van der Waals surface area (Å²) in [5.74, 6) is -1.38. The van der Waals surface area contributed by atoms with E-state index in [1.54, 1.807) is 19.9 Å².